The second-order valence-electron chi connectivity index (χ2n) is 5.16. The minimum absolute atomic E-state index is 0.0519. The van der Waals surface area contributed by atoms with E-state index in [9.17, 15) is 0 Å². The summed E-state index contributed by atoms with van der Waals surface area (Å²) >= 11 is 12.8. The minimum Gasteiger partial charge on any atom is -0.276 e. The average Bonchev–Trinajstić information content (AvgIpc) is 2.95. The summed E-state index contributed by atoms with van der Waals surface area (Å²) in [5.41, 5.74) is 6.48. The Labute approximate surface area is 149 Å². The van der Waals surface area contributed by atoms with E-state index in [-0.39, 0.29) is 6.04 Å². The summed E-state index contributed by atoms with van der Waals surface area (Å²) in [7, 11) is 0. The molecule has 2 heterocycles. The first-order valence-corrected chi connectivity index (χ1v) is 8.70. The van der Waals surface area contributed by atoms with Crippen LogP contribution >= 0.6 is 35.6 Å². The maximum atomic E-state index is 5.99. The van der Waals surface area contributed by atoms with E-state index in [0.717, 1.165) is 27.0 Å². The molecule has 0 radical (unpaired) electrons. The van der Waals surface area contributed by atoms with Crippen LogP contribution in [0.5, 0.6) is 0 Å². The largest absolute Gasteiger partial charge is 0.276 e. The molecule has 23 heavy (non-hydrogen) atoms. The van der Waals surface area contributed by atoms with E-state index in [1.807, 2.05) is 47.5 Å². The Morgan fingerprint density at radius 3 is 2.57 bits per heavy atom. The number of nitrogens with zero attached hydrogens (tertiary/aromatic N) is 2. The van der Waals surface area contributed by atoms with Gasteiger partial charge in [-0.3, -0.25) is 5.43 Å². The molecule has 2 aliphatic heterocycles. The van der Waals surface area contributed by atoms with E-state index in [1.54, 1.807) is 0 Å². The fraction of sp³-hybridized carbons (Fsp3) is 0.0588. The lowest BCUT2D eigenvalue weighted by atomic mass is 10.0. The van der Waals surface area contributed by atoms with E-state index in [2.05, 4.69) is 23.6 Å². The quantitative estimate of drug-likeness (QED) is 0.793. The molecule has 2 aromatic carbocycles. The van der Waals surface area contributed by atoms with Crippen molar-refractivity contribution in [3.63, 3.8) is 0 Å². The van der Waals surface area contributed by atoms with Crippen molar-refractivity contribution in [1.29, 1.82) is 0 Å². The summed E-state index contributed by atoms with van der Waals surface area (Å²) in [6, 6.07) is 18.0. The molecule has 4 rings (SSSR count). The molecule has 2 aliphatic rings. The molecule has 114 valence electrons. The molecule has 0 aliphatic carbocycles. The Morgan fingerprint density at radius 2 is 1.83 bits per heavy atom. The number of hydrogen-bond donors (Lipinski definition) is 1. The van der Waals surface area contributed by atoms with Crippen LogP contribution in [0.2, 0.25) is 5.02 Å². The number of rotatable bonds is 2. The van der Waals surface area contributed by atoms with Crippen molar-refractivity contribution in [3.8, 4) is 0 Å². The number of fused-ring (bicyclic) bond motifs is 1. The first-order chi connectivity index (χ1) is 11.2. The number of aliphatic imine (C=N–C) groups is 1. The SMILES string of the molecule is S=C1NN2C(c3ccccc3)=CC(c3ccc(Cl)cc3)N=C2S1. The Morgan fingerprint density at radius 1 is 1.09 bits per heavy atom. The molecule has 6 heteroatoms. The van der Waals surface area contributed by atoms with Gasteiger partial charge in [-0.1, -0.05) is 66.3 Å². The van der Waals surface area contributed by atoms with E-state index in [0.29, 0.717) is 4.32 Å². The zero-order chi connectivity index (χ0) is 15.8. The predicted octanol–water partition coefficient (Wildman–Crippen LogP) is 4.63. The summed E-state index contributed by atoms with van der Waals surface area (Å²) < 4.78 is 0.710. The van der Waals surface area contributed by atoms with Crippen molar-refractivity contribution in [2.45, 2.75) is 6.04 Å². The molecule has 0 aromatic heterocycles. The highest BCUT2D eigenvalue weighted by molar-refractivity contribution is 8.33. The molecule has 0 saturated carbocycles. The van der Waals surface area contributed by atoms with Crippen LogP contribution in [0.25, 0.3) is 5.70 Å². The highest BCUT2D eigenvalue weighted by Crippen LogP contribution is 2.36. The number of thioether (sulfide) groups is 1. The molecule has 1 atom stereocenters. The van der Waals surface area contributed by atoms with Crippen molar-refractivity contribution in [2.75, 3.05) is 0 Å². The number of nitrogens with one attached hydrogen (secondary N) is 1. The summed E-state index contributed by atoms with van der Waals surface area (Å²) in [5.74, 6) is 0. The fourth-order valence-electron chi connectivity index (χ4n) is 2.58. The van der Waals surface area contributed by atoms with E-state index >= 15 is 0 Å². The van der Waals surface area contributed by atoms with Gasteiger partial charge in [0.2, 0.25) is 0 Å². The maximum absolute atomic E-state index is 5.99. The molecular weight excluding hydrogens is 346 g/mol. The van der Waals surface area contributed by atoms with Crippen molar-refractivity contribution < 1.29 is 0 Å². The summed E-state index contributed by atoms with van der Waals surface area (Å²) in [6.45, 7) is 0. The van der Waals surface area contributed by atoms with Crippen molar-refractivity contribution in [3.05, 3.63) is 76.8 Å². The fourth-order valence-corrected chi connectivity index (χ4v) is 3.73. The lowest BCUT2D eigenvalue weighted by Gasteiger charge is -2.27. The van der Waals surface area contributed by atoms with Crippen LogP contribution in [0.15, 0.2) is 65.7 Å². The second kappa shape index (κ2) is 6.00. The van der Waals surface area contributed by atoms with Crippen molar-refractivity contribution in [2.24, 2.45) is 4.99 Å². The Hall–Kier alpha value is -1.82. The number of halogens is 1. The number of hydrazine groups is 1. The standard InChI is InChI=1S/C17H12ClN3S2/c18-13-8-6-11(7-9-13)14-10-15(12-4-2-1-3-5-12)21-16(19-14)23-17(22)20-21/h1-10,14H,(H,20,22). The summed E-state index contributed by atoms with van der Waals surface area (Å²) in [6.07, 6.45) is 2.14. The number of amidine groups is 1. The summed E-state index contributed by atoms with van der Waals surface area (Å²) in [4.78, 5) is 4.81. The lowest BCUT2D eigenvalue weighted by molar-refractivity contribution is 0.539. The zero-order valence-corrected chi connectivity index (χ0v) is 14.3. The van der Waals surface area contributed by atoms with E-state index in [1.165, 1.54) is 11.8 Å². The van der Waals surface area contributed by atoms with Gasteiger partial charge in [-0.15, -0.1) is 0 Å². The molecule has 1 N–H and O–H groups in total. The van der Waals surface area contributed by atoms with Gasteiger partial charge in [0.05, 0.1) is 11.7 Å². The van der Waals surface area contributed by atoms with Crippen LogP contribution in [0, 0.1) is 0 Å². The van der Waals surface area contributed by atoms with Crippen LogP contribution < -0.4 is 5.43 Å². The molecule has 0 spiro atoms. The third kappa shape index (κ3) is 2.87. The van der Waals surface area contributed by atoms with Crippen molar-refractivity contribution in [1.82, 2.24) is 10.4 Å². The predicted molar refractivity (Wildman–Crippen MR) is 101 cm³/mol. The van der Waals surface area contributed by atoms with Gasteiger partial charge in [-0.05, 0) is 41.1 Å². The summed E-state index contributed by atoms with van der Waals surface area (Å²) in [5, 5.41) is 3.55. The number of hydrogen-bond acceptors (Lipinski definition) is 4. The molecule has 1 fully saturated rings. The highest BCUT2D eigenvalue weighted by atomic mass is 35.5. The topological polar surface area (TPSA) is 27.6 Å². The number of thiocarbonyl (C=S) groups is 1. The normalized spacial score (nSPS) is 19.8. The molecule has 0 amide bonds. The second-order valence-corrected chi connectivity index (χ2v) is 7.24. The van der Waals surface area contributed by atoms with Gasteiger partial charge in [0.1, 0.15) is 0 Å². The monoisotopic (exact) mass is 357 g/mol. The van der Waals surface area contributed by atoms with E-state index < -0.39 is 0 Å². The third-order valence-electron chi connectivity index (χ3n) is 3.67. The maximum Gasteiger partial charge on any atom is 0.191 e. The van der Waals surface area contributed by atoms with Crippen molar-refractivity contribution >= 4 is 50.8 Å². The van der Waals surface area contributed by atoms with Crippen LogP contribution in [0.4, 0.5) is 0 Å². The molecule has 2 aromatic rings. The Kier molecular flexibility index (Phi) is 3.85. The first-order valence-electron chi connectivity index (χ1n) is 7.10. The van der Waals surface area contributed by atoms with Crippen LogP contribution in [0.1, 0.15) is 17.2 Å². The van der Waals surface area contributed by atoms with Crippen LogP contribution in [-0.2, 0) is 0 Å². The van der Waals surface area contributed by atoms with Gasteiger partial charge < -0.3 is 0 Å². The van der Waals surface area contributed by atoms with Crippen LogP contribution in [-0.4, -0.2) is 14.5 Å². The van der Waals surface area contributed by atoms with Gasteiger partial charge in [-0.2, -0.15) is 0 Å². The minimum atomic E-state index is -0.0519. The zero-order valence-electron chi connectivity index (χ0n) is 11.9. The first kappa shape index (κ1) is 14.8. The van der Waals surface area contributed by atoms with E-state index in [4.69, 9.17) is 28.8 Å². The van der Waals surface area contributed by atoms with Gasteiger partial charge >= 0.3 is 0 Å². The molecule has 1 unspecified atom stereocenters. The molecular formula is C17H12ClN3S2. The van der Waals surface area contributed by atoms with Gasteiger partial charge in [0.25, 0.3) is 0 Å². The smallest absolute Gasteiger partial charge is 0.191 e. The Bertz CT molecular complexity index is 815. The Balaban J connectivity index is 1.79. The lowest BCUT2D eigenvalue weighted by Crippen LogP contribution is -2.36. The van der Waals surface area contributed by atoms with Crippen LogP contribution in [0.3, 0.4) is 0 Å². The molecule has 3 nitrogen and oxygen atoms in total. The average molecular weight is 358 g/mol. The third-order valence-corrected chi connectivity index (χ3v) is 5.01. The highest BCUT2D eigenvalue weighted by Gasteiger charge is 2.32. The van der Waals surface area contributed by atoms with Gasteiger partial charge in [-0.25, -0.2) is 10.0 Å². The molecule has 1 saturated heterocycles. The van der Waals surface area contributed by atoms with Gasteiger partial charge in [0.15, 0.2) is 9.49 Å². The molecule has 0 bridgehead atoms. The number of benzene rings is 2. The van der Waals surface area contributed by atoms with Gasteiger partial charge in [0, 0.05) is 5.02 Å².